The zero-order valence-corrected chi connectivity index (χ0v) is 11.2. The quantitative estimate of drug-likeness (QED) is 0.868. The number of ether oxygens (including phenoxy) is 2. The number of amides is 1. The number of hydrogen-bond acceptors (Lipinski definition) is 4. The predicted octanol–water partition coefficient (Wildman–Crippen LogP) is 1.21. The van der Waals surface area contributed by atoms with Crippen LogP contribution in [0.5, 0.6) is 5.75 Å². The van der Waals surface area contributed by atoms with E-state index in [1.165, 1.54) is 0 Å². The van der Waals surface area contributed by atoms with Crippen LogP contribution < -0.4 is 10.2 Å². The monoisotopic (exact) mass is 264 g/mol. The summed E-state index contributed by atoms with van der Waals surface area (Å²) in [5.41, 5.74) is 2.88. The van der Waals surface area contributed by atoms with Crippen molar-refractivity contribution in [2.75, 3.05) is 26.3 Å². The minimum absolute atomic E-state index is 0.103. The standard InChI is InChI=1S/C14H20N2O3/c1-2-13(19-12-6-4-3-5-7-12)14(17)15-16-8-10-18-11-9-16/h3-7,13H,2,8-11H2,1H3,(H,15,17). The Labute approximate surface area is 113 Å². The first-order chi connectivity index (χ1) is 9.29. The molecule has 2 rings (SSSR count). The highest BCUT2D eigenvalue weighted by Crippen LogP contribution is 2.12. The van der Waals surface area contributed by atoms with E-state index in [1.54, 1.807) is 0 Å². The molecular formula is C14H20N2O3. The first kappa shape index (κ1) is 13.8. The minimum Gasteiger partial charge on any atom is -0.481 e. The Morgan fingerprint density at radius 2 is 2.05 bits per heavy atom. The summed E-state index contributed by atoms with van der Waals surface area (Å²) in [4.78, 5) is 12.1. The summed E-state index contributed by atoms with van der Waals surface area (Å²) in [6.45, 7) is 4.67. The van der Waals surface area contributed by atoms with Crippen molar-refractivity contribution in [1.82, 2.24) is 10.4 Å². The summed E-state index contributed by atoms with van der Waals surface area (Å²) in [6, 6.07) is 9.40. The van der Waals surface area contributed by atoms with E-state index in [-0.39, 0.29) is 5.91 Å². The molecule has 1 heterocycles. The molecule has 1 atom stereocenters. The molecule has 0 radical (unpaired) electrons. The summed E-state index contributed by atoms with van der Waals surface area (Å²) in [7, 11) is 0. The Morgan fingerprint density at radius 1 is 1.37 bits per heavy atom. The second-order valence-electron chi connectivity index (χ2n) is 4.40. The number of carbonyl (C=O) groups is 1. The van der Waals surface area contributed by atoms with Crippen LogP contribution in [0.4, 0.5) is 0 Å². The molecule has 0 saturated carbocycles. The SMILES string of the molecule is CCC(Oc1ccccc1)C(=O)NN1CCOCC1. The number of carbonyl (C=O) groups excluding carboxylic acids is 1. The largest absolute Gasteiger partial charge is 0.481 e. The van der Waals surface area contributed by atoms with Gasteiger partial charge >= 0.3 is 0 Å². The average Bonchev–Trinajstić information content (AvgIpc) is 2.47. The summed E-state index contributed by atoms with van der Waals surface area (Å²) >= 11 is 0. The van der Waals surface area contributed by atoms with Crippen LogP contribution in [0.2, 0.25) is 0 Å². The lowest BCUT2D eigenvalue weighted by Gasteiger charge is -2.28. The fourth-order valence-electron chi connectivity index (χ4n) is 1.89. The molecule has 1 aliphatic rings. The van der Waals surface area contributed by atoms with Crippen molar-refractivity contribution in [3.05, 3.63) is 30.3 Å². The summed E-state index contributed by atoms with van der Waals surface area (Å²) < 4.78 is 10.9. The molecule has 1 amide bonds. The molecule has 1 fully saturated rings. The molecule has 1 aliphatic heterocycles. The molecule has 104 valence electrons. The van der Waals surface area contributed by atoms with Crippen LogP contribution in [-0.2, 0) is 9.53 Å². The van der Waals surface area contributed by atoms with E-state index in [0.29, 0.717) is 38.5 Å². The van der Waals surface area contributed by atoms with E-state index in [4.69, 9.17) is 9.47 Å². The maximum absolute atomic E-state index is 12.1. The highest BCUT2D eigenvalue weighted by atomic mass is 16.5. The van der Waals surface area contributed by atoms with Gasteiger partial charge in [-0.2, -0.15) is 0 Å². The Kier molecular flexibility index (Phi) is 5.18. The number of nitrogens with one attached hydrogen (secondary N) is 1. The highest BCUT2D eigenvalue weighted by molar-refractivity contribution is 5.80. The van der Waals surface area contributed by atoms with Gasteiger partial charge in [0.15, 0.2) is 6.10 Å². The molecule has 0 aliphatic carbocycles. The number of hydrazine groups is 1. The van der Waals surface area contributed by atoms with Crippen LogP contribution in [0.3, 0.4) is 0 Å². The van der Waals surface area contributed by atoms with Gasteiger partial charge in [-0.15, -0.1) is 0 Å². The first-order valence-electron chi connectivity index (χ1n) is 6.64. The Balaban J connectivity index is 1.87. The zero-order valence-electron chi connectivity index (χ0n) is 11.2. The van der Waals surface area contributed by atoms with Crippen molar-refractivity contribution in [2.24, 2.45) is 0 Å². The van der Waals surface area contributed by atoms with Crippen molar-refractivity contribution in [2.45, 2.75) is 19.4 Å². The normalized spacial score (nSPS) is 17.7. The van der Waals surface area contributed by atoms with Gasteiger partial charge in [0, 0.05) is 13.1 Å². The van der Waals surface area contributed by atoms with Gasteiger partial charge in [0.25, 0.3) is 5.91 Å². The van der Waals surface area contributed by atoms with Gasteiger partial charge in [-0.25, -0.2) is 5.01 Å². The molecule has 1 N–H and O–H groups in total. The summed E-state index contributed by atoms with van der Waals surface area (Å²) in [6.07, 6.45) is 0.163. The zero-order chi connectivity index (χ0) is 13.5. The van der Waals surface area contributed by atoms with Crippen LogP contribution in [0.25, 0.3) is 0 Å². The fourth-order valence-corrected chi connectivity index (χ4v) is 1.89. The van der Waals surface area contributed by atoms with Crippen LogP contribution in [-0.4, -0.2) is 43.3 Å². The Bertz CT molecular complexity index is 391. The molecule has 19 heavy (non-hydrogen) atoms. The molecule has 5 heteroatoms. The van der Waals surface area contributed by atoms with Gasteiger partial charge in [-0.1, -0.05) is 25.1 Å². The smallest absolute Gasteiger partial charge is 0.275 e. The second kappa shape index (κ2) is 7.11. The van der Waals surface area contributed by atoms with E-state index < -0.39 is 6.10 Å². The van der Waals surface area contributed by atoms with Gasteiger partial charge in [0.2, 0.25) is 0 Å². The third-order valence-electron chi connectivity index (χ3n) is 2.96. The van der Waals surface area contributed by atoms with Crippen molar-refractivity contribution >= 4 is 5.91 Å². The van der Waals surface area contributed by atoms with Gasteiger partial charge < -0.3 is 9.47 Å². The number of rotatable bonds is 5. The predicted molar refractivity (Wildman–Crippen MR) is 71.7 cm³/mol. The lowest BCUT2D eigenvalue weighted by Crippen LogP contribution is -2.52. The molecule has 0 spiro atoms. The molecular weight excluding hydrogens is 244 g/mol. The number of morpholine rings is 1. The van der Waals surface area contributed by atoms with E-state index in [2.05, 4.69) is 5.43 Å². The lowest BCUT2D eigenvalue weighted by atomic mass is 10.2. The van der Waals surface area contributed by atoms with Crippen molar-refractivity contribution in [1.29, 1.82) is 0 Å². The lowest BCUT2D eigenvalue weighted by molar-refractivity contribution is -0.135. The van der Waals surface area contributed by atoms with Crippen LogP contribution in [0.15, 0.2) is 30.3 Å². The molecule has 0 aromatic heterocycles. The molecule has 0 bridgehead atoms. The van der Waals surface area contributed by atoms with Crippen molar-refractivity contribution in [3.63, 3.8) is 0 Å². The summed E-state index contributed by atoms with van der Waals surface area (Å²) in [5, 5.41) is 1.88. The van der Waals surface area contributed by atoms with Crippen LogP contribution >= 0.6 is 0 Å². The number of hydrogen-bond donors (Lipinski definition) is 1. The molecule has 1 aromatic rings. The van der Waals surface area contributed by atoms with E-state index in [1.807, 2.05) is 42.3 Å². The minimum atomic E-state index is -0.467. The van der Waals surface area contributed by atoms with Gasteiger partial charge in [-0.05, 0) is 18.6 Å². The first-order valence-corrected chi connectivity index (χ1v) is 6.64. The molecule has 1 aromatic carbocycles. The topological polar surface area (TPSA) is 50.8 Å². The number of para-hydroxylation sites is 1. The van der Waals surface area contributed by atoms with Gasteiger partial charge in [-0.3, -0.25) is 10.2 Å². The number of benzene rings is 1. The molecule has 1 unspecified atom stereocenters. The maximum atomic E-state index is 12.1. The molecule has 5 nitrogen and oxygen atoms in total. The Morgan fingerprint density at radius 3 is 2.68 bits per heavy atom. The van der Waals surface area contributed by atoms with E-state index in [9.17, 15) is 4.79 Å². The highest BCUT2D eigenvalue weighted by Gasteiger charge is 2.21. The second-order valence-corrected chi connectivity index (χ2v) is 4.40. The van der Waals surface area contributed by atoms with E-state index >= 15 is 0 Å². The van der Waals surface area contributed by atoms with Crippen molar-refractivity contribution in [3.8, 4) is 5.75 Å². The maximum Gasteiger partial charge on any atom is 0.275 e. The van der Waals surface area contributed by atoms with Crippen molar-refractivity contribution < 1.29 is 14.3 Å². The van der Waals surface area contributed by atoms with Crippen LogP contribution in [0, 0.1) is 0 Å². The van der Waals surface area contributed by atoms with E-state index in [0.717, 1.165) is 0 Å². The third kappa shape index (κ3) is 4.22. The van der Waals surface area contributed by atoms with Gasteiger partial charge in [0.05, 0.1) is 13.2 Å². The average molecular weight is 264 g/mol. The Hall–Kier alpha value is -1.59. The third-order valence-corrected chi connectivity index (χ3v) is 2.96. The number of nitrogens with zero attached hydrogens (tertiary/aromatic N) is 1. The van der Waals surface area contributed by atoms with Gasteiger partial charge in [0.1, 0.15) is 5.75 Å². The fraction of sp³-hybridized carbons (Fsp3) is 0.500. The summed E-state index contributed by atoms with van der Waals surface area (Å²) in [5.74, 6) is 0.611. The van der Waals surface area contributed by atoms with Crippen LogP contribution in [0.1, 0.15) is 13.3 Å². The molecule has 1 saturated heterocycles.